The van der Waals surface area contributed by atoms with E-state index in [9.17, 15) is 0 Å². The van der Waals surface area contributed by atoms with Crippen molar-refractivity contribution in [2.75, 3.05) is 12.4 Å². The lowest BCUT2D eigenvalue weighted by atomic mass is 10.1. The van der Waals surface area contributed by atoms with Gasteiger partial charge in [-0.25, -0.2) is 0 Å². The zero-order valence-electron chi connectivity index (χ0n) is 10.5. The molecule has 2 nitrogen and oxygen atoms in total. The van der Waals surface area contributed by atoms with Crippen LogP contribution in [0.1, 0.15) is 11.1 Å². The van der Waals surface area contributed by atoms with E-state index in [-0.39, 0.29) is 0 Å². The van der Waals surface area contributed by atoms with Gasteiger partial charge in [0.05, 0.1) is 11.6 Å². The zero-order chi connectivity index (χ0) is 13.0. The Morgan fingerprint density at radius 3 is 2.61 bits per heavy atom. The number of aryl methyl sites for hydroxylation is 1. The summed E-state index contributed by atoms with van der Waals surface area (Å²) in [5.74, 6) is 0.844. The Balaban J connectivity index is 2.07. The predicted octanol–water partition coefficient (Wildman–Crippen LogP) is 4.38. The van der Waals surface area contributed by atoms with E-state index in [2.05, 4.69) is 52.4 Å². The van der Waals surface area contributed by atoms with Gasteiger partial charge in [0.1, 0.15) is 5.75 Å². The minimum Gasteiger partial charge on any atom is -0.496 e. The number of methoxy groups -OCH3 is 1. The van der Waals surface area contributed by atoms with Gasteiger partial charge in [-0.1, -0.05) is 24.3 Å². The SMILES string of the molecule is COc1ccc(NCc2ccccc2C)cc1Br. The van der Waals surface area contributed by atoms with Crippen molar-refractivity contribution in [3.8, 4) is 5.75 Å². The first-order valence-electron chi connectivity index (χ1n) is 5.82. The summed E-state index contributed by atoms with van der Waals surface area (Å²) in [5, 5.41) is 3.41. The summed E-state index contributed by atoms with van der Waals surface area (Å²) in [5.41, 5.74) is 3.69. The Morgan fingerprint density at radius 2 is 1.94 bits per heavy atom. The normalized spacial score (nSPS) is 10.2. The second-order valence-electron chi connectivity index (χ2n) is 4.13. The molecule has 0 spiro atoms. The van der Waals surface area contributed by atoms with Crippen molar-refractivity contribution < 1.29 is 4.74 Å². The van der Waals surface area contributed by atoms with Crippen molar-refractivity contribution in [1.29, 1.82) is 0 Å². The van der Waals surface area contributed by atoms with Crippen LogP contribution in [0.3, 0.4) is 0 Å². The number of halogens is 1. The fourth-order valence-corrected chi connectivity index (χ4v) is 2.32. The van der Waals surface area contributed by atoms with Crippen LogP contribution in [0.5, 0.6) is 5.75 Å². The van der Waals surface area contributed by atoms with Gasteiger partial charge in [-0.3, -0.25) is 0 Å². The first-order valence-corrected chi connectivity index (χ1v) is 6.62. The van der Waals surface area contributed by atoms with Crippen LogP contribution in [-0.4, -0.2) is 7.11 Å². The number of nitrogens with one attached hydrogen (secondary N) is 1. The van der Waals surface area contributed by atoms with E-state index >= 15 is 0 Å². The standard InChI is InChI=1S/C15H16BrNO/c1-11-5-3-4-6-12(11)10-17-13-7-8-15(18-2)14(16)9-13/h3-9,17H,10H2,1-2H3. The summed E-state index contributed by atoms with van der Waals surface area (Å²) in [6.07, 6.45) is 0. The van der Waals surface area contributed by atoms with Crippen molar-refractivity contribution >= 4 is 21.6 Å². The van der Waals surface area contributed by atoms with Crippen LogP contribution in [0.2, 0.25) is 0 Å². The number of anilines is 1. The Bertz CT molecular complexity index is 540. The molecule has 0 amide bonds. The third-order valence-corrected chi connectivity index (χ3v) is 3.52. The predicted molar refractivity (Wildman–Crippen MR) is 79.2 cm³/mol. The van der Waals surface area contributed by atoms with Gasteiger partial charge < -0.3 is 10.1 Å². The fourth-order valence-electron chi connectivity index (χ4n) is 1.78. The van der Waals surface area contributed by atoms with Crippen LogP contribution < -0.4 is 10.1 Å². The highest BCUT2D eigenvalue weighted by molar-refractivity contribution is 9.10. The van der Waals surface area contributed by atoms with E-state index < -0.39 is 0 Å². The summed E-state index contributed by atoms with van der Waals surface area (Å²) in [6.45, 7) is 2.95. The van der Waals surface area contributed by atoms with Gasteiger partial charge in [-0.15, -0.1) is 0 Å². The summed E-state index contributed by atoms with van der Waals surface area (Å²) in [4.78, 5) is 0. The minimum atomic E-state index is 0.825. The average molecular weight is 306 g/mol. The van der Waals surface area contributed by atoms with Gasteiger partial charge in [0.15, 0.2) is 0 Å². The van der Waals surface area contributed by atoms with Gasteiger partial charge in [-0.2, -0.15) is 0 Å². The Morgan fingerprint density at radius 1 is 1.17 bits per heavy atom. The highest BCUT2D eigenvalue weighted by Gasteiger charge is 2.02. The van der Waals surface area contributed by atoms with Crippen LogP contribution in [0.15, 0.2) is 46.9 Å². The molecule has 1 N–H and O–H groups in total. The molecule has 0 bridgehead atoms. The third-order valence-electron chi connectivity index (χ3n) is 2.90. The molecule has 0 unspecified atom stereocenters. The molecule has 0 heterocycles. The van der Waals surface area contributed by atoms with Crippen molar-refractivity contribution in [1.82, 2.24) is 0 Å². The lowest BCUT2D eigenvalue weighted by Crippen LogP contribution is -2.01. The summed E-state index contributed by atoms with van der Waals surface area (Å²) in [6, 6.07) is 14.4. The number of hydrogen-bond donors (Lipinski definition) is 1. The molecule has 0 atom stereocenters. The van der Waals surface area contributed by atoms with E-state index in [1.807, 2.05) is 18.2 Å². The number of hydrogen-bond acceptors (Lipinski definition) is 2. The van der Waals surface area contributed by atoms with E-state index in [0.29, 0.717) is 0 Å². The first-order chi connectivity index (χ1) is 8.70. The smallest absolute Gasteiger partial charge is 0.133 e. The number of rotatable bonds is 4. The summed E-state index contributed by atoms with van der Waals surface area (Å²) < 4.78 is 6.17. The maximum atomic E-state index is 5.21. The van der Waals surface area contributed by atoms with Crippen LogP contribution in [0.25, 0.3) is 0 Å². The molecule has 3 heteroatoms. The molecule has 2 aromatic rings. The molecule has 0 saturated carbocycles. The lowest BCUT2D eigenvalue weighted by molar-refractivity contribution is 0.412. The molecule has 0 radical (unpaired) electrons. The largest absolute Gasteiger partial charge is 0.496 e. The molecule has 0 saturated heterocycles. The molecule has 2 rings (SSSR count). The van der Waals surface area contributed by atoms with Gasteiger partial charge in [0.2, 0.25) is 0 Å². The van der Waals surface area contributed by atoms with Crippen LogP contribution in [0.4, 0.5) is 5.69 Å². The molecular formula is C15H16BrNO. The Labute approximate surface area is 116 Å². The fraction of sp³-hybridized carbons (Fsp3) is 0.200. The molecular weight excluding hydrogens is 290 g/mol. The molecule has 2 aromatic carbocycles. The quantitative estimate of drug-likeness (QED) is 0.905. The van der Waals surface area contributed by atoms with E-state index in [4.69, 9.17) is 4.74 Å². The first kappa shape index (κ1) is 13.0. The number of benzene rings is 2. The Kier molecular flexibility index (Phi) is 4.26. The monoisotopic (exact) mass is 305 g/mol. The minimum absolute atomic E-state index is 0.825. The highest BCUT2D eigenvalue weighted by Crippen LogP contribution is 2.27. The Hall–Kier alpha value is -1.48. The topological polar surface area (TPSA) is 21.3 Å². The van der Waals surface area contributed by atoms with Crippen molar-refractivity contribution in [2.24, 2.45) is 0 Å². The van der Waals surface area contributed by atoms with Crippen LogP contribution in [-0.2, 0) is 6.54 Å². The maximum absolute atomic E-state index is 5.21. The zero-order valence-corrected chi connectivity index (χ0v) is 12.1. The second-order valence-corrected chi connectivity index (χ2v) is 4.98. The molecule has 0 aliphatic carbocycles. The van der Waals surface area contributed by atoms with Crippen molar-refractivity contribution in [3.05, 3.63) is 58.1 Å². The summed E-state index contributed by atoms with van der Waals surface area (Å²) in [7, 11) is 1.67. The van der Waals surface area contributed by atoms with Gasteiger partial charge in [0, 0.05) is 12.2 Å². The molecule has 0 aliphatic heterocycles. The van der Waals surface area contributed by atoms with Crippen molar-refractivity contribution in [2.45, 2.75) is 13.5 Å². The highest BCUT2D eigenvalue weighted by atomic mass is 79.9. The molecule has 0 fully saturated rings. The van der Waals surface area contributed by atoms with Crippen LogP contribution >= 0.6 is 15.9 Å². The lowest BCUT2D eigenvalue weighted by Gasteiger charge is -2.10. The van der Waals surface area contributed by atoms with E-state index in [0.717, 1.165) is 22.5 Å². The van der Waals surface area contributed by atoms with Crippen molar-refractivity contribution in [3.63, 3.8) is 0 Å². The third kappa shape index (κ3) is 3.05. The molecule has 0 aliphatic rings. The van der Waals surface area contributed by atoms with E-state index in [1.54, 1.807) is 7.11 Å². The van der Waals surface area contributed by atoms with Gasteiger partial charge in [-0.05, 0) is 52.2 Å². The van der Waals surface area contributed by atoms with Gasteiger partial charge in [0.25, 0.3) is 0 Å². The second kappa shape index (κ2) is 5.91. The van der Waals surface area contributed by atoms with Crippen LogP contribution in [0, 0.1) is 6.92 Å². The summed E-state index contributed by atoms with van der Waals surface area (Å²) >= 11 is 3.48. The number of ether oxygens (including phenoxy) is 1. The molecule has 94 valence electrons. The van der Waals surface area contributed by atoms with E-state index in [1.165, 1.54) is 11.1 Å². The van der Waals surface area contributed by atoms with Gasteiger partial charge >= 0.3 is 0 Å². The molecule has 0 aromatic heterocycles. The molecule has 18 heavy (non-hydrogen) atoms. The average Bonchev–Trinajstić information content (AvgIpc) is 2.38. The maximum Gasteiger partial charge on any atom is 0.133 e.